The van der Waals surface area contributed by atoms with Crippen LogP contribution in [0.25, 0.3) is 0 Å². The van der Waals surface area contributed by atoms with Crippen LogP contribution >= 0.6 is 0 Å². The van der Waals surface area contributed by atoms with E-state index in [2.05, 4.69) is 4.90 Å². The summed E-state index contributed by atoms with van der Waals surface area (Å²) in [4.78, 5) is 2.39. The van der Waals surface area contributed by atoms with Gasteiger partial charge in [0.1, 0.15) is 12.4 Å². The highest BCUT2D eigenvalue weighted by molar-refractivity contribution is 5.32. The molecule has 1 fully saturated rings. The molecule has 118 valence electrons. The van der Waals surface area contributed by atoms with E-state index in [1.165, 1.54) is 0 Å². The van der Waals surface area contributed by atoms with Crippen LogP contribution in [0.15, 0.2) is 24.3 Å². The van der Waals surface area contributed by atoms with Gasteiger partial charge < -0.3 is 20.3 Å². The Morgan fingerprint density at radius 1 is 1.19 bits per heavy atom. The largest absolute Gasteiger partial charge is 0.492 e. The van der Waals surface area contributed by atoms with E-state index in [0.29, 0.717) is 25.9 Å². The van der Waals surface area contributed by atoms with Gasteiger partial charge in [-0.25, -0.2) is 0 Å². The van der Waals surface area contributed by atoms with Crippen molar-refractivity contribution in [2.45, 2.75) is 25.5 Å². The number of nitrogens with zero attached hydrogens (tertiary/aromatic N) is 1. The summed E-state index contributed by atoms with van der Waals surface area (Å²) in [6.07, 6.45) is 2.35. The van der Waals surface area contributed by atoms with Crippen LogP contribution in [0.3, 0.4) is 0 Å². The normalized spacial score (nSPS) is 17.0. The molecule has 0 aromatic heterocycles. The lowest BCUT2D eigenvalue weighted by Gasteiger charge is -2.31. The molecule has 1 aromatic carbocycles. The van der Waals surface area contributed by atoms with E-state index in [1.54, 1.807) is 0 Å². The van der Waals surface area contributed by atoms with Gasteiger partial charge in [0.05, 0.1) is 19.3 Å². The molecular weight excluding hydrogens is 268 g/mol. The molecule has 0 unspecified atom stereocenters. The highest BCUT2D eigenvalue weighted by atomic mass is 16.5. The van der Waals surface area contributed by atoms with Gasteiger partial charge in [-0.05, 0) is 18.9 Å². The minimum Gasteiger partial charge on any atom is -0.492 e. The van der Waals surface area contributed by atoms with Gasteiger partial charge in [0.25, 0.3) is 0 Å². The highest BCUT2D eigenvalue weighted by Gasteiger charge is 2.19. The molecule has 0 saturated carbocycles. The number of ether oxygens (including phenoxy) is 2. The maximum Gasteiger partial charge on any atom is 0.123 e. The molecule has 0 atom stereocenters. The number of hydrogen-bond acceptors (Lipinski definition) is 5. The second-order valence-electron chi connectivity index (χ2n) is 5.30. The van der Waals surface area contributed by atoms with Gasteiger partial charge in [-0.1, -0.05) is 18.2 Å². The summed E-state index contributed by atoms with van der Waals surface area (Å²) in [5.41, 5.74) is 6.75. The quantitative estimate of drug-likeness (QED) is 0.748. The summed E-state index contributed by atoms with van der Waals surface area (Å²) >= 11 is 0. The Bertz CT molecular complexity index is 406. The topological polar surface area (TPSA) is 68.0 Å². The zero-order chi connectivity index (χ0) is 14.9. The van der Waals surface area contributed by atoms with Gasteiger partial charge in [0.15, 0.2) is 0 Å². The molecule has 21 heavy (non-hydrogen) atoms. The summed E-state index contributed by atoms with van der Waals surface area (Å²) in [6, 6.07) is 7.92. The van der Waals surface area contributed by atoms with E-state index in [1.807, 2.05) is 24.3 Å². The van der Waals surface area contributed by atoms with Crippen molar-refractivity contribution in [3.05, 3.63) is 29.8 Å². The molecule has 0 radical (unpaired) electrons. The van der Waals surface area contributed by atoms with Crippen molar-refractivity contribution in [3.63, 3.8) is 0 Å². The molecular formula is C16H26N2O3. The number of nitrogens with two attached hydrogens (primary N) is 1. The number of likely N-dealkylation sites (tertiary alicyclic amines) is 1. The van der Waals surface area contributed by atoms with E-state index in [-0.39, 0.29) is 6.61 Å². The molecule has 3 N–H and O–H groups in total. The molecule has 5 heteroatoms. The van der Waals surface area contributed by atoms with Crippen LogP contribution in [0.1, 0.15) is 18.4 Å². The zero-order valence-corrected chi connectivity index (χ0v) is 12.5. The average molecular weight is 294 g/mol. The number of piperidine rings is 1. The van der Waals surface area contributed by atoms with Gasteiger partial charge in [-0.3, -0.25) is 4.90 Å². The van der Waals surface area contributed by atoms with Crippen LogP contribution in [-0.4, -0.2) is 55.6 Å². The third-order valence-corrected chi connectivity index (χ3v) is 3.84. The van der Waals surface area contributed by atoms with Crippen molar-refractivity contribution >= 4 is 0 Å². The van der Waals surface area contributed by atoms with Gasteiger partial charge in [0, 0.05) is 31.7 Å². The monoisotopic (exact) mass is 294 g/mol. The molecule has 1 saturated heterocycles. The number of aliphatic hydroxyl groups excluding tert-OH is 1. The lowest BCUT2D eigenvalue weighted by atomic mass is 10.1. The van der Waals surface area contributed by atoms with E-state index in [4.69, 9.17) is 20.3 Å². The Labute approximate surface area is 126 Å². The predicted octanol–water partition coefficient (Wildman–Crippen LogP) is 0.997. The number of para-hydroxylation sites is 1. The van der Waals surface area contributed by atoms with Crippen molar-refractivity contribution in [1.82, 2.24) is 4.90 Å². The maximum atomic E-state index is 8.76. The Kier molecular flexibility index (Phi) is 6.95. The molecule has 1 heterocycles. The Hall–Kier alpha value is -1.14. The molecule has 1 aliphatic rings. The zero-order valence-electron chi connectivity index (χ0n) is 12.5. The average Bonchev–Trinajstić information content (AvgIpc) is 2.54. The number of aliphatic hydroxyl groups is 1. The van der Waals surface area contributed by atoms with Gasteiger partial charge >= 0.3 is 0 Å². The standard InChI is InChI=1S/C16H26N2O3/c17-13-14-3-1-2-4-16(14)21-11-9-18-7-5-15(6-8-18)20-12-10-19/h1-4,15,19H,5-13,17H2. The lowest BCUT2D eigenvalue weighted by molar-refractivity contribution is -0.00924. The maximum absolute atomic E-state index is 8.76. The van der Waals surface area contributed by atoms with Crippen LogP contribution < -0.4 is 10.5 Å². The first-order chi connectivity index (χ1) is 10.3. The summed E-state index contributed by atoms with van der Waals surface area (Å²) in [7, 11) is 0. The minimum atomic E-state index is 0.106. The van der Waals surface area contributed by atoms with Crippen molar-refractivity contribution in [1.29, 1.82) is 0 Å². The smallest absolute Gasteiger partial charge is 0.123 e. The number of hydrogen-bond donors (Lipinski definition) is 2. The summed E-state index contributed by atoms with van der Waals surface area (Å²) in [5.74, 6) is 0.890. The molecule has 1 aliphatic heterocycles. The summed E-state index contributed by atoms with van der Waals surface area (Å²) in [6.45, 7) is 4.71. The minimum absolute atomic E-state index is 0.106. The van der Waals surface area contributed by atoms with Crippen LogP contribution in [0.2, 0.25) is 0 Å². The van der Waals surface area contributed by atoms with Gasteiger partial charge in [-0.15, -0.1) is 0 Å². The Balaban J connectivity index is 1.66. The first-order valence-electron chi connectivity index (χ1n) is 7.69. The molecule has 0 spiro atoms. The second-order valence-corrected chi connectivity index (χ2v) is 5.30. The number of benzene rings is 1. The molecule has 2 rings (SSSR count). The van der Waals surface area contributed by atoms with E-state index >= 15 is 0 Å². The van der Waals surface area contributed by atoms with Crippen LogP contribution in [0.4, 0.5) is 0 Å². The third-order valence-electron chi connectivity index (χ3n) is 3.84. The fourth-order valence-corrected chi connectivity index (χ4v) is 2.62. The van der Waals surface area contributed by atoms with Crippen LogP contribution in [-0.2, 0) is 11.3 Å². The highest BCUT2D eigenvalue weighted by Crippen LogP contribution is 2.17. The van der Waals surface area contributed by atoms with Crippen LogP contribution in [0, 0.1) is 0 Å². The SMILES string of the molecule is NCc1ccccc1OCCN1CCC(OCCO)CC1. The van der Waals surface area contributed by atoms with E-state index in [0.717, 1.165) is 43.8 Å². The van der Waals surface area contributed by atoms with Crippen LogP contribution in [0.5, 0.6) is 5.75 Å². The van der Waals surface area contributed by atoms with Crippen molar-refractivity contribution in [2.75, 3.05) is 39.5 Å². The fraction of sp³-hybridized carbons (Fsp3) is 0.625. The summed E-state index contributed by atoms with van der Waals surface area (Å²) < 4.78 is 11.4. The van der Waals surface area contributed by atoms with Gasteiger partial charge in [0.2, 0.25) is 0 Å². The van der Waals surface area contributed by atoms with E-state index < -0.39 is 0 Å². The van der Waals surface area contributed by atoms with Crippen molar-refractivity contribution in [3.8, 4) is 5.75 Å². The van der Waals surface area contributed by atoms with E-state index in [9.17, 15) is 0 Å². The van der Waals surface area contributed by atoms with Crippen molar-refractivity contribution in [2.24, 2.45) is 5.73 Å². The first kappa shape index (κ1) is 16.2. The predicted molar refractivity (Wildman–Crippen MR) is 82.3 cm³/mol. The molecule has 5 nitrogen and oxygen atoms in total. The third kappa shape index (κ3) is 5.28. The van der Waals surface area contributed by atoms with Crippen molar-refractivity contribution < 1.29 is 14.6 Å². The molecule has 0 aliphatic carbocycles. The molecule has 0 bridgehead atoms. The summed E-state index contributed by atoms with van der Waals surface area (Å²) in [5, 5.41) is 8.76. The van der Waals surface area contributed by atoms with Gasteiger partial charge in [-0.2, -0.15) is 0 Å². The lowest BCUT2D eigenvalue weighted by Crippen LogP contribution is -2.39. The Morgan fingerprint density at radius 3 is 2.67 bits per heavy atom. The molecule has 1 aromatic rings. The first-order valence-corrected chi connectivity index (χ1v) is 7.69. The Morgan fingerprint density at radius 2 is 1.95 bits per heavy atom. The number of rotatable bonds is 8. The second kappa shape index (κ2) is 9.00. The fourth-order valence-electron chi connectivity index (χ4n) is 2.62. The molecule has 0 amide bonds.